The summed E-state index contributed by atoms with van der Waals surface area (Å²) in [6, 6.07) is 65.5. The molecule has 0 amide bonds. The molecule has 13 rings (SSSR count). The molecule has 264 valence electrons. The minimum atomic E-state index is 0.650. The van der Waals surface area contributed by atoms with Gasteiger partial charge in [0, 0.05) is 59.3 Å². The first-order chi connectivity index (χ1) is 28.3. The minimum Gasteiger partial charge on any atom is -0.306 e. The molecule has 0 bridgehead atoms. The van der Waals surface area contributed by atoms with Gasteiger partial charge in [0.25, 0.3) is 0 Å². The van der Waals surface area contributed by atoms with Crippen LogP contribution in [0.4, 0.5) is 0 Å². The molecule has 8 aromatic carbocycles. The third-order valence-electron chi connectivity index (χ3n) is 11.9. The smallest absolute Gasteiger partial charge is 0.235 e. The predicted molar refractivity (Wildman–Crippen MR) is 239 cm³/mol. The number of para-hydroxylation sites is 3. The summed E-state index contributed by atoms with van der Waals surface area (Å²) in [4.78, 5) is 10.9. The van der Waals surface area contributed by atoms with E-state index in [1.165, 1.54) is 80.7 Å². The Kier molecular flexibility index (Phi) is 6.29. The fourth-order valence-electron chi connectivity index (χ4n) is 9.55. The standard InChI is InChI=1S/C52H30N4S/c1-3-16-31(17-4-1)40-30-41(32-18-5-2-6-19-32)54-52(53-40)56-43-28-13-10-23-37(43)45-46-38-24-11-14-29-44(38)57-51(46)50-47(49(45)56)39-26-15-25-36-34-21-8-7-20-33(34)35-22-9-12-27-42(35)55(50)48(36)39/h1-30H. The highest BCUT2D eigenvalue weighted by Crippen LogP contribution is 2.54. The van der Waals surface area contributed by atoms with Gasteiger partial charge in [-0.3, -0.25) is 4.57 Å². The van der Waals surface area contributed by atoms with E-state index >= 15 is 0 Å². The molecule has 4 aromatic heterocycles. The van der Waals surface area contributed by atoms with Crippen molar-refractivity contribution in [3.05, 3.63) is 182 Å². The molecule has 5 heteroatoms. The van der Waals surface area contributed by atoms with Crippen LogP contribution in [0, 0.1) is 0 Å². The van der Waals surface area contributed by atoms with Gasteiger partial charge in [-0.15, -0.1) is 11.3 Å². The van der Waals surface area contributed by atoms with Gasteiger partial charge in [0.15, 0.2) is 0 Å². The Morgan fingerprint density at radius 2 is 0.965 bits per heavy atom. The van der Waals surface area contributed by atoms with E-state index in [4.69, 9.17) is 9.97 Å². The molecular formula is C52H30N4S. The third-order valence-corrected chi connectivity index (χ3v) is 13.0. The van der Waals surface area contributed by atoms with Crippen molar-refractivity contribution in [2.75, 3.05) is 0 Å². The summed E-state index contributed by atoms with van der Waals surface area (Å²) in [5.41, 5.74) is 14.6. The number of aromatic nitrogens is 4. The maximum Gasteiger partial charge on any atom is 0.235 e. The number of fused-ring (bicyclic) bond motifs is 17. The van der Waals surface area contributed by atoms with E-state index in [0.717, 1.165) is 33.5 Å². The summed E-state index contributed by atoms with van der Waals surface area (Å²) < 4.78 is 7.49. The Morgan fingerprint density at radius 1 is 0.386 bits per heavy atom. The van der Waals surface area contributed by atoms with Crippen LogP contribution in [0.2, 0.25) is 0 Å². The lowest BCUT2D eigenvalue weighted by molar-refractivity contribution is 0.998. The van der Waals surface area contributed by atoms with Crippen LogP contribution >= 0.6 is 11.3 Å². The van der Waals surface area contributed by atoms with Gasteiger partial charge in [-0.2, -0.15) is 0 Å². The SMILES string of the molecule is c1ccc(-c2cc(-c3ccccc3)nc(-n3c4ccccc4c4c5c6ccccc6sc5c5c(c6cccc7c6n5-c5ccccc5-c5ccccc5-7)c43)n2)cc1. The number of thiophene rings is 1. The fraction of sp³-hybridized carbons (Fsp3) is 0. The average molecular weight is 743 g/mol. The zero-order valence-corrected chi connectivity index (χ0v) is 31.3. The average Bonchev–Trinajstić information content (AvgIpc) is 3.92. The second-order valence-corrected chi connectivity index (χ2v) is 15.9. The first-order valence-electron chi connectivity index (χ1n) is 19.3. The van der Waals surface area contributed by atoms with Crippen LogP contribution in [0.1, 0.15) is 0 Å². The van der Waals surface area contributed by atoms with Gasteiger partial charge < -0.3 is 4.57 Å². The Bertz CT molecular complexity index is 3570. The predicted octanol–water partition coefficient (Wildman–Crippen LogP) is 14.0. The lowest BCUT2D eigenvalue weighted by Crippen LogP contribution is -2.04. The van der Waals surface area contributed by atoms with Crippen molar-refractivity contribution in [3.63, 3.8) is 0 Å². The first kappa shape index (κ1) is 30.9. The molecule has 4 nitrogen and oxygen atoms in total. The first-order valence-corrected chi connectivity index (χ1v) is 20.2. The summed E-state index contributed by atoms with van der Waals surface area (Å²) in [5.74, 6) is 0.650. The van der Waals surface area contributed by atoms with Crippen molar-refractivity contribution in [3.8, 4) is 56.4 Å². The highest BCUT2D eigenvalue weighted by molar-refractivity contribution is 7.27. The summed E-state index contributed by atoms with van der Waals surface area (Å²) in [6.45, 7) is 0. The van der Waals surface area contributed by atoms with E-state index in [1.54, 1.807) is 0 Å². The molecule has 5 heterocycles. The van der Waals surface area contributed by atoms with Crippen LogP contribution in [0.5, 0.6) is 0 Å². The van der Waals surface area contributed by atoms with Crippen LogP contribution in [-0.2, 0) is 0 Å². The Hall–Kier alpha value is -7.34. The second kappa shape index (κ2) is 11.6. The Balaban J connectivity index is 1.31. The summed E-state index contributed by atoms with van der Waals surface area (Å²) in [5, 5.41) is 7.38. The summed E-state index contributed by atoms with van der Waals surface area (Å²) in [6.07, 6.45) is 0. The van der Waals surface area contributed by atoms with Crippen molar-refractivity contribution in [1.82, 2.24) is 19.1 Å². The van der Waals surface area contributed by atoms with E-state index in [-0.39, 0.29) is 0 Å². The molecule has 0 N–H and O–H groups in total. The number of hydrogen-bond donors (Lipinski definition) is 0. The zero-order chi connectivity index (χ0) is 37.2. The van der Waals surface area contributed by atoms with E-state index in [2.05, 4.69) is 191 Å². The molecule has 0 radical (unpaired) electrons. The Labute approximate surface area is 331 Å². The fourth-order valence-corrected chi connectivity index (χ4v) is 10.8. The summed E-state index contributed by atoms with van der Waals surface area (Å²) >= 11 is 1.90. The van der Waals surface area contributed by atoms with Crippen molar-refractivity contribution in [2.24, 2.45) is 0 Å². The van der Waals surface area contributed by atoms with Crippen LogP contribution in [0.3, 0.4) is 0 Å². The van der Waals surface area contributed by atoms with Crippen LogP contribution in [-0.4, -0.2) is 19.1 Å². The monoisotopic (exact) mass is 742 g/mol. The number of benzene rings is 8. The van der Waals surface area contributed by atoms with Gasteiger partial charge in [0.2, 0.25) is 5.95 Å². The number of nitrogens with zero attached hydrogens (tertiary/aromatic N) is 4. The number of rotatable bonds is 3. The molecule has 0 spiro atoms. The van der Waals surface area contributed by atoms with E-state index < -0.39 is 0 Å². The third kappa shape index (κ3) is 4.21. The molecule has 1 aliphatic heterocycles. The van der Waals surface area contributed by atoms with E-state index in [0.29, 0.717) is 5.95 Å². The topological polar surface area (TPSA) is 35.6 Å². The van der Waals surface area contributed by atoms with Gasteiger partial charge in [-0.1, -0.05) is 158 Å². The highest BCUT2D eigenvalue weighted by Gasteiger charge is 2.31. The molecule has 57 heavy (non-hydrogen) atoms. The van der Waals surface area contributed by atoms with Gasteiger partial charge in [0.05, 0.1) is 43.8 Å². The maximum absolute atomic E-state index is 5.47. The lowest BCUT2D eigenvalue weighted by Gasteiger charge is -2.14. The molecule has 0 aliphatic carbocycles. The van der Waals surface area contributed by atoms with E-state index in [9.17, 15) is 0 Å². The number of hydrogen-bond acceptors (Lipinski definition) is 3. The quantitative estimate of drug-likeness (QED) is 0.181. The molecule has 0 saturated heterocycles. The second-order valence-electron chi connectivity index (χ2n) is 14.9. The van der Waals surface area contributed by atoms with Crippen molar-refractivity contribution < 1.29 is 0 Å². The molecule has 12 aromatic rings. The molecule has 0 fully saturated rings. The maximum atomic E-state index is 5.47. The van der Waals surface area contributed by atoms with Gasteiger partial charge in [0.1, 0.15) is 0 Å². The van der Waals surface area contributed by atoms with Crippen molar-refractivity contribution in [1.29, 1.82) is 0 Å². The van der Waals surface area contributed by atoms with Gasteiger partial charge in [-0.05, 0) is 35.4 Å². The minimum absolute atomic E-state index is 0.650. The molecule has 0 unspecified atom stereocenters. The van der Waals surface area contributed by atoms with Gasteiger partial charge in [-0.25, -0.2) is 9.97 Å². The van der Waals surface area contributed by atoms with Crippen LogP contribution in [0.15, 0.2) is 182 Å². The Morgan fingerprint density at radius 3 is 1.72 bits per heavy atom. The largest absolute Gasteiger partial charge is 0.306 e. The van der Waals surface area contributed by atoms with Crippen molar-refractivity contribution >= 4 is 75.1 Å². The van der Waals surface area contributed by atoms with Crippen LogP contribution in [0.25, 0.3) is 120 Å². The molecule has 1 aliphatic rings. The molecular weight excluding hydrogens is 713 g/mol. The molecule has 0 atom stereocenters. The van der Waals surface area contributed by atoms with Crippen molar-refractivity contribution in [2.45, 2.75) is 0 Å². The van der Waals surface area contributed by atoms with Gasteiger partial charge >= 0.3 is 0 Å². The normalized spacial score (nSPS) is 12.2. The van der Waals surface area contributed by atoms with Crippen LogP contribution < -0.4 is 0 Å². The van der Waals surface area contributed by atoms with E-state index in [1.807, 2.05) is 11.3 Å². The zero-order valence-electron chi connectivity index (χ0n) is 30.5. The summed E-state index contributed by atoms with van der Waals surface area (Å²) in [7, 11) is 0. The highest BCUT2D eigenvalue weighted by atomic mass is 32.1. The lowest BCUT2D eigenvalue weighted by atomic mass is 9.93. The molecule has 0 saturated carbocycles.